The van der Waals surface area contributed by atoms with Crippen LogP contribution in [0, 0.1) is 5.92 Å². The summed E-state index contributed by atoms with van der Waals surface area (Å²) in [7, 11) is 1.72. The van der Waals surface area contributed by atoms with E-state index < -0.39 is 17.6 Å². The Kier molecular flexibility index (Phi) is 3.35. The van der Waals surface area contributed by atoms with Gasteiger partial charge in [-0.2, -0.15) is 13.2 Å². The van der Waals surface area contributed by atoms with Gasteiger partial charge in [0.05, 0.1) is 11.6 Å². The van der Waals surface area contributed by atoms with Crippen LogP contribution < -0.4 is 5.73 Å². The molecular formula is C11H17F3N4. The Morgan fingerprint density at radius 3 is 2.83 bits per heavy atom. The molecule has 1 saturated carbocycles. The fourth-order valence-electron chi connectivity index (χ4n) is 2.67. The molecule has 102 valence electrons. The minimum absolute atomic E-state index is 0.0208. The molecule has 0 radical (unpaired) electrons. The van der Waals surface area contributed by atoms with Crippen molar-refractivity contribution in [1.29, 1.82) is 0 Å². The molecule has 1 aromatic rings. The van der Waals surface area contributed by atoms with E-state index in [-0.39, 0.29) is 12.8 Å². The average molecular weight is 262 g/mol. The molecule has 1 aliphatic rings. The van der Waals surface area contributed by atoms with Crippen molar-refractivity contribution in [3.63, 3.8) is 0 Å². The summed E-state index contributed by atoms with van der Waals surface area (Å²) in [6.07, 6.45) is -0.806. The Balaban J connectivity index is 2.06. The van der Waals surface area contributed by atoms with Gasteiger partial charge in [-0.05, 0) is 19.3 Å². The number of nitrogens with two attached hydrogens (primary N) is 1. The van der Waals surface area contributed by atoms with Gasteiger partial charge >= 0.3 is 6.18 Å². The minimum Gasteiger partial charge on any atom is -0.325 e. The van der Waals surface area contributed by atoms with Gasteiger partial charge in [-0.25, -0.2) is 0 Å². The van der Waals surface area contributed by atoms with Gasteiger partial charge in [-0.15, -0.1) is 5.10 Å². The van der Waals surface area contributed by atoms with Gasteiger partial charge in [-0.1, -0.05) is 11.6 Å². The van der Waals surface area contributed by atoms with E-state index in [2.05, 4.69) is 10.3 Å². The molecule has 18 heavy (non-hydrogen) atoms. The fourth-order valence-corrected chi connectivity index (χ4v) is 2.67. The number of halogens is 3. The summed E-state index contributed by atoms with van der Waals surface area (Å²) >= 11 is 0. The third-order valence-electron chi connectivity index (χ3n) is 3.53. The van der Waals surface area contributed by atoms with Gasteiger partial charge in [0.1, 0.15) is 0 Å². The second-order valence-corrected chi connectivity index (χ2v) is 5.26. The Bertz CT molecular complexity index is 415. The molecule has 0 amide bonds. The van der Waals surface area contributed by atoms with Crippen molar-refractivity contribution in [2.24, 2.45) is 18.7 Å². The molecule has 7 heteroatoms. The predicted molar refractivity (Wildman–Crippen MR) is 59.6 cm³/mol. The van der Waals surface area contributed by atoms with Crippen LogP contribution in [0.25, 0.3) is 0 Å². The molecule has 2 atom stereocenters. The Morgan fingerprint density at radius 1 is 1.56 bits per heavy atom. The van der Waals surface area contributed by atoms with E-state index in [4.69, 9.17) is 5.73 Å². The smallest absolute Gasteiger partial charge is 0.325 e. The van der Waals surface area contributed by atoms with Crippen LogP contribution in [0.2, 0.25) is 0 Å². The lowest BCUT2D eigenvalue weighted by molar-refractivity contribution is -0.187. The molecule has 2 N–H and O–H groups in total. The quantitative estimate of drug-likeness (QED) is 0.884. The number of hydrogen-bond acceptors (Lipinski definition) is 3. The van der Waals surface area contributed by atoms with Crippen LogP contribution in [0.3, 0.4) is 0 Å². The molecule has 0 aromatic carbocycles. The summed E-state index contributed by atoms with van der Waals surface area (Å²) in [4.78, 5) is 0. The van der Waals surface area contributed by atoms with Gasteiger partial charge in [0, 0.05) is 25.2 Å². The summed E-state index contributed by atoms with van der Waals surface area (Å²) in [5.74, 6) is -1.28. The van der Waals surface area contributed by atoms with Crippen molar-refractivity contribution in [3.05, 3.63) is 11.9 Å². The maximum atomic E-state index is 12.7. The highest BCUT2D eigenvalue weighted by molar-refractivity contribution is 5.04. The number of alkyl halides is 3. The molecule has 1 heterocycles. The molecule has 0 aliphatic heterocycles. The predicted octanol–water partition coefficient (Wildman–Crippen LogP) is 1.81. The minimum atomic E-state index is -4.15. The lowest BCUT2D eigenvalue weighted by atomic mass is 9.74. The van der Waals surface area contributed by atoms with Gasteiger partial charge in [0.2, 0.25) is 0 Å². The molecule has 2 rings (SSSR count). The second kappa shape index (κ2) is 4.53. The summed E-state index contributed by atoms with van der Waals surface area (Å²) in [5, 5.41) is 7.66. The fraction of sp³-hybridized carbons (Fsp3) is 0.818. The Labute approximate surface area is 103 Å². The van der Waals surface area contributed by atoms with Crippen LogP contribution in [0.15, 0.2) is 6.20 Å². The number of nitrogens with zero attached hydrogens (tertiary/aromatic N) is 3. The van der Waals surface area contributed by atoms with E-state index >= 15 is 0 Å². The molecular weight excluding hydrogens is 245 g/mol. The van der Waals surface area contributed by atoms with Gasteiger partial charge in [-0.3, -0.25) is 4.68 Å². The van der Waals surface area contributed by atoms with E-state index in [1.807, 2.05) is 0 Å². The number of aromatic nitrogens is 3. The first-order valence-electron chi connectivity index (χ1n) is 5.99. The highest BCUT2D eigenvalue weighted by Crippen LogP contribution is 2.41. The van der Waals surface area contributed by atoms with Crippen LogP contribution in [0.5, 0.6) is 0 Å². The Hall–Kier alpha value is -1.11. The number of hydrogen-bond donors (Lipinski definition) is 1. The van der Waals surface area contributed by atoms with Gasteiger partial charge in [0.15, 0.2) is 0 Å². The van der Waals surface area contributed by atoms with Crippen LogP contribution in [0.4, 0.5) is 13.2 Å². The zero-order valence-corrected chi connectivity index (χ0v) is 10.2. The third kappa shape index (κ3) is 3.01. The highest BCUT2D eigenvalue weighted by Gasteiger charge is 2.46. The topological polar surface area (TPSA) is 56.7 Å². The van der Waals surface area contributed by atoms with Crippen molar-refractivity contribution in [2.75, 3.05) is 0 Å². The van der Waals surface area contributed by atoms with Crippen molar-refractivity contribution < 1.29 is 13.2 Å². The van der Waals surface area contributed by atoms with Crippen molar-refractivity contribution in [1.82, 2.24) is 15.0 Å². The normalized spacial score (nSPS) is 29.5. The standard InChI is InChI=1S/C11H17F3N4/c1-18-7-9(16-17-18)6-10(15)4-2-3-8(5-10)11(12,13)14/h7-8H,2-6,15H2,1H3. The molecule has 4 nitrogen and oxygen atoms in total. The average Bonchev–Trinajstić information content (AvgIpc) is 2.62. The third-order valence-corrected chi connectivity index (χ3v) is 3.53. The van der Waals surface area contributed by atoms with Gasteiger partial charge < -0.3 is 5.73 Å². The first-order valence-corrected chi connectivity index (χ1v) is 5.99. The van der Waals surface area contributed by atoms with Crippen molar-refractivity contribution in [2.45, 2.75) is 43.8 Å². The lowest BCUT2D eigenvalue weighted by Crippen LogP contribution is -2.49. The first-order chi connectivity index (χ1) is 8.28. The molecule has 1 aliphatic carbocycles. The molecule has 2 unspecified atom stereocenters. The van der Waals surface area contributed by atoms with E-state index in [0.29, 0.717) is 25.0 Å². The number of aryl methyl sites for hydroxylation is 1. The van der Waals surface area contributed by atoms with Crippen molar-refractivity contribution in [3.8, 4) is 0 Å². The molecule has 0 bridgehead atoms. The SMILES string of the molecule is Cn1cc(CC2(N)CCCC(C(F)(F)F)C2)nn1. The second-order valence-electron chi connectivity index (χ2n) is 5.26. The van der Waals surface area contributed by atoms with E-state index in [1.165, 1.54) is 4.68 Å². The van der Waals surface area contributed by atoms with E-state index in [1.54, 1.807) is 13.2 Å². The first kappa shape index (κ1) is 13.3. The Morgan fingerprint density at radius 2 is 2.28 bits per heavy atom. The summed E-state index contributed by atoms with van der Waals surface area (Å²) in [5.41, 5.74) is 5.95. The summed E-state index contributed by atoms with van der Waals surface area (Å²) in [6.45, 7) is 0. The van der Waals surface area contributed by atoms with E-state index in [9.17, 15) is 13.2 Å². The van der Waals surface area contributed by atoms with Crippen molar-refractivity contribution >= 4 is 0 Å². The number of rotatable bonds is 2. The monoisotopic (exact) mass is 262 g/mol. The molecule has 1 fully saturated rings. The zero-order valence-electron chi connectivity index (χ0n) is 10.2. The highest BCUT2D eigenvalue weighted by atomic mass is 19.4. The van der Waals surface area contributed by atoms with E-state index in [0.717, 1.165) is 0 Å². The molecule has 1 aromatic heterocycles. The zero-order chi connectivity index (χ0) is 13.4. The van der Waals surface area contributed by atoms with Crippen LogP contribution >= 0.6 is 0 Å². The van der Waals surface area contributed by atoms with Crippen LogP contribution in [-0.2, 0) is 13.5 Å². The van der Waals surface area contributed by atoms with Crippen LogP contribution in [-0.4, -0.2) is 26.7 Å². The molecule has 0 spiro atoms. The van der Waals surface area contributed by atoms with Gasteiger partial charge in [0.25, 0.3) is 0 Å². The van der Waals surface area contributed by atoms with Crippen LogP contribution in [0.1, 0.15) is 31.4 Å². The maximum absolute atomic E-state index is 12.7. The summed E-state index contributed by atoms with van der Waals surface area (Å²) < 4.78 is 39.8. The lowest BCUT2D eigenvalue weighted by Gasteiger charge is -2.38. The summed E-state index contributed by atoms with van der Waals surface area (Å²) in [6, 6.07) is 0. The maximum Gasteiger partial charge on any atom is 0.391 e. The largest absolute Gasteiger partial charge is 0.391 e. The molecule has 0 saturated heterocycles.